The molecule has 15 heavy (non-hydrogen) atoms. The van der Waals surface area contributed by atoms with Crippen molar-refractivity contribution in [2.45, 2.75) is 26.3 Å². The van der Waals surface area contributed by atoms with Crippen LogP contribution in [-0.4, -0.2) is 13.6 Å². The van der Waals surface area contributed by atoms with Gasteiger partial charge in [-0.3, -0.25) is 0 Å². The van der Waals surface area contributed by atoms with E-state index in [4.69, 9.17) is 5.73 Å². The molecule has 0 spiro atoms. The zero-order valence-corrected chi connectivity index (χ0v) is 9.96. The summed E-state index contributed by atoms with van der Waals surface area (Å²) in [5.74, 6) is 0.571. The van der Waals surface area contributed by atoms with E-state index in [0.29, 0.717) is 12.0 Å². The lowest BCUT2D eigenvalue weighted by molar-refractivity contribution is 0.391. The fraction of sp³-hybridized carbons (Fsp3) is 0.538. The topological polar surface area (TPSA) is 38.0 Å². The van der Waals surface area contributed by atoms with Gasteiger partial charge in [0.25, 0.3) is 0 Å². The second-order valence-corrected chi connectivity index (χ2v) is 4.24. The SMILES string of the molecule is CNC(c1cccc(C)c1)C(C)CCN. The summed E-state index contributed by atoms with van der Waals surface area (Å²) in [6, 6.07) is 9.08. The summed E-state index contributed by atoms with van der Waals surface area (Å²) in [6.45, 7) is 5.13. The van der Waals surface area contributed by atoms with Crippen molar-refractivity contribution in [3.8, 4) is 0 Å². The van der Waals surface area contributed by atoms with Crippen molar-refractivity contribution in [3.63, 3.8) is 0 Å². The number of hydrogen-bond acceptors (Lipinski definition) is 2. The van der Waals surface area contributed by atoms with Crippen LogP contribution in [0.3, 0.4) is 0 Å². The average molecular weight is 206 g/mol. The van der Waals surface area contributed by atoms with E-state index in [9.17, 15) is 0 Å². The molecule has 0 aliphatic carbocycles. The van der Waals surface area contributed by atoms with Gasteiger partial charge in [0.05, 0.1) is 0 Å². The third-order valence-corrected chi connectivity index (χ3v) is 2.90. The molecule has 0 saturated carbocycles. The van der Waals surface area contributed by atoms with Crippen LogP contribution in [0.1, 0.15) is 30.5 Å². The molecule has 2 unspecified atom stereocenters. The third kappa shape index (κ3) is 3.33. The van der Waals surface area contributed by atoms with Gasteiger partial charge in [0.15, 0.2) is 0 Å². The molecule has 0 radical (unpaired) electrons. The predicted molar refractivity (Wildman–Crippen MR) is 65.8 cm³/mol. The van der Waals surface area contributed by atoms with Crippen molar-refractivity contribution in [2.75, 3.05) is 13.6 Å². The number of hydrogen-bond donors (Lipinski definition) is 2. The van der Waals surface area contributed by atoms with E-state index >= 15 is 0 Å². The second-order valence-electron chi connectivity index (χ2n) is 4.24. The maximum absolute atomic E-state index is 5.60. The van der Waals surface area contributed by atoms with Gasteiger partial charge in [0.2, 0.25) is 0 Å². The summed E-state index contributed by atoms with van der Waals surface area (Å²) in [6.07, 6.45) is 1.06. The number of nitrogens with two attached hydrogens (primary N) is 1. The molecule has 0 saturated heterocycles. The number of aryl methyl sites for hydroxylation is 1. The van der Waals surface area contributed by atoms with E-state index in [1.165, 1.54) is 11.1 Å². The Balaban J connectivity index is 2.82. The molecule has 0 fully saturated rings. The summed E-state index contributed by atoms with van der Waals surface area (Å²) >= 11 is 0. The molecule has 1 aromatic carbocycles. The smallest absolute Gasteiger partial charge is 0.0344 e. The van der Waals surface area contributed by atoms with Crippen LogP contribution in [-0.2, 0) is 0 Å². The van der Waals surface area contributed by atoms with Gasteiger partial charge in [0, 0.05) is 6.04 Å². The first-order valence-electron chi connectivity index (χ1n) is 5.63. The zero-order chi connectivity index (χ0) is 11.3. The van der Waals surface area contributed by atoms with E-state index < -0.39 is 0 Å². The number of nitrogens with one attached hydrogen (secondary N) is 1. The molecular formula is C13H22N2. The maximum atomic E-state index is 5.60. The molecule has 2 nitrogen and oxygen atoms in total. The normalized spacial score (nSPS) is 14.9. The Hall–Kier alpha value is -0.860. The minimum atomic E-state index is 0.411. The van der Waals surface area contributed by atoms with E-state index in [1.807, 2.05) is 7.05 Å². The van der Waals surface area contributed by atoms with Crippen LogP contribution in [0.2, 0.25) is 0 Å². The highest BCUT2D eigenvalue weighted by molar-refractivity contribution is 5.25. The first kappa shape index (κ1) is 12.2. The second kappa shape index (κ2) is 5.89. The van der Waals surface area contributed by atoms with Crippen LogP contribution in [0.15, 0.2) is 24.3 Å². The quantitative estimate of drug-likeness (QED) is 0.775. The monoisotopic (exact) mass is 206 g/mol. The fourth-order valence-electron chi connectivity index (χ4n) is 2.07. The molecule has 0 aromatic heterocycles. The summed E-state index contributed by atoms with van der Waals surface area (Å²) in [5, 5.41) is 3.37. The molecule has 0 aliphatic heterocycles. The van der Waals surface area contributed by atoms with Crippen molar-refractivity contribution in [1.82, 2.24) is 5.32 Å². The van der Waals surface area contributed by atoms with Crippen LogP contribution in [0.5, 0.6) is 0 Å². The molecule has 1 rings (SSSR count). The molecule has 84 valence electrons. The summed E-state index contributed by atoms with van der Waals surface area (Å²) in [4.78, 5) is 0. The van der Waals surface area contributed by atoms with Gasteiger partial charge in [-0.1, -0.05) is 36.8 Å². The van der Waals surface area contributed by atoms with E-state index in [2.05, 4.69) is 43.4 Å². The molecule has 0 bridgehead atoms. The van der Waals surface area contributed by atoms with Crippen LogP contribution in [0.4, 0.5) is 0 Å². The molecular weight excluding hydrogens is 184 g/mol. The Bertz CT molecular complexity index is 296. The Labute approximate surface area is 92.9 Å². The van der Waals surface area contributed by atoms with E-state index in [-0.39, 0.29) is 0 Å². The molecule has 2 atom stereocenters. The Morgan fingerprint density at radius 2 is 2.13 bits per heavy atom. The van der Waals surface area contributed by atoms with Crippen molar-refractivity contribution in [2.24, 2.45) is 11.7 Å². The van der Waals surface area contributed by atoms with Crippen molar-refractivity contribution in [1.29, 1.82) is 0 Å². The number of rotatable bonds is 5. The van der Waals surface area contributed by atoms with Crippen LogP contribution in [0, 0.1) is 12.8 Å². The minimum absolute atomic E-state index is 0.411. The zero-order valence-electron chi connectivity index (χ0n) is 9.96. The highest BCUT2D eigenvalue weighted by atomic mass is 14.9. The van der Waals surface area contributed by atoms with Crippen LogP contribution < -0.4 is 11.1 Å². The Morgan fingerprint density at radius 3 is 2.67 bits per heavy atom. The lowest BCUT2D eigenvalue weighted by Gasteiger charge is -2.24. The first-order chi connectivity index (χ1) is 7.19. The number of benzene rings is 1. The largest absolute Gasteiger partial charge is 0.330 e. The fourth-order valence-corrected chi connectivity index (χ4v) is 2.07. The molecule has 1 aromatic rings. The van der Waals surface area contributed by atoms with Crippen molar-refractivity contribution < 1.29 is 0 Å². The summed E-state index contributed by atoms with van der Waals surface area (Å²) in [7, 11) is 2.01. The molecule has 0 aliphatic rings. The summed E-state index contributed by atoms with van der Waals surface area (Å²) in [5.41, 5.74) is 8.27. The lowest BCUT2D eigenvalue weighted by Crippen LogP contribution is -2.25. The average Bonchev–Trinajstić information content (AvgIpc) is 2.19. The van der Waals surface area contributed by atoms with Crippen LogP contribution in [0.25, 0.3) is 0 Å². The standard InChI is InChI=1S/C13H22N2/c1-10-5-4-6-12(9-10)13(15-3)11(2)7-8-14/h4-6,9,11,13,15H,7-8,14H2,1-3H3. The van der Waals surface area contributed by atoms with Gasteiger partial charge < -0.3 is 11.1 Å². The maximum Gasteiger partial charge on any atom is 0.0344 e. The molecule has 3 N–H and O–H groups in total. The highest BCUT2D eigenvalue weighted by Crippen LogP contribution is 2.24. The van der Waals surface area contributed by atoms with E-state index in [1.54, 1.807) is 0 Å². The molecule has 0 heterocycles. The van der Waals surface area contributed by atoms with Crippen molar-refractivity contribution >= 4 is 0 Å². The first-order valence-corrected chi connectivity index (χ1v) is 5.63. The van der Waals surface area contributed by atoms with Gasteiger partial charge in [-0.15, -0.1) is 0 Å². The van der Waals surface area contributed by atoms with Gasteiger partial charge in [-0.05, 0) is 38.4 Å². The van der Waals surface area contributed by atoms with Gasteiger partial charge >= 0.3 is 0 Å². The Kier molecular flexibility index (Phi) is 4.79. The van der Waals surface area contributed by atoms with Gasteiger partial charge in [-0.2, -0.15) is 0 Å². The molecule has 0 amide bonds. The Morgan fingerprint density at radius 1 is 1.40 bits per heavy atom. The van der Waals surface area contributed by atoms with Gasteiger partial charge in [0.1, 0.15) is 0 Å². The summed E-state index contributed by atoms with van der Waals surface area (Å²) < 4.78 is 0. The highest BCUT2D eigenvalue weighted by Gasteiger charge is 2.16. The van der Waals surface area contributed by atoms with E-state index in [0.717, 1.165) is 13.0 Å². The third-order valence-electron chi connectivity index (χ3n) is 2.90. The lowest BCUT2D eigenvalue weighted by atomic mass is 9.91. The predicted octanol–water partition coefficient (Wildman–Crippen LogP) is 2.24. The van der Waals surface area contributed by atoms with Gasteiger partial charge in [-0.25, -0.2) is 0 Å². The van der Waals surface area contributed by atoms with Crippen molar-refractivity contribution in [3.05, 3.63) is 35.4 Å². The molecule has 2 heteroatoms. The minimum Gasteiger partial charge on any atom is -0.330 e. The van der Waals surface area contributed by atoms with Crippen LogP contribution >= 0.6 is 0 Å².